The summed E-state index contributed by atoms with van der Waals surface area (Å²) in [4.78, 5) is 19.0. The Morgan fingerprint density at radius 1 is 1.29 bits per heavy atom. The summed E-state index contributed by atoms with van der Waals surface area (Å²) in [6.45, 7) is 3.27. The third kappa shape index (κ3) is 3.28. The average molecular weight is 329 g/mol. The lowest BCUT2D eigenvalue weighted by Gasteiger charge is -2.31. The molecule has 0 radical (unpaired) electrons. The first-order valence-electron chi connectivity index (χ1n) is 8.20. The number of carbonyl (C=O) groups excluding carboxylic acids is 1. The van der Waals surface area contributed by atoms with Crippen LogP contribution in [-0.2, 0) is 0 Å². The molecule has 6 nitrogen and oxygen atoms in total. The van der Waals surface area contributed by atoms with Crippen molar-refractivity contribution in [2.45, 2.75) is 25.8 Å². The number of methoxy groups -OCH3 is 1. The van der Waals surface area contributed by atoms with Crippen molar-refractivity contribution in [2.24, 2.45) is 0 Å². The Balaban J connectivity index is 1.77. The maximum atomic E-state index is 12.7. The van der Waals surface area contributed by atoms with E-state index in [1.807, 2.05) is 36.2 Å². The fourth-order valence-electron chi connectivity index (χ4n) is 2.97. The maximum Gasteiger partial charge on any atom is 0.276 e. The molecule has 6 heteroatoms. The summed E-state index contributed by atoms with van der Waals surface area (Å²) in [6.07, 6.45) is 1.93. The molecular formula is C18H23N3O3. The van der Waals surface area contributed by atoms with E-state index in [-0.39, 0.29) is 5.91 Å². The molecule has 24 heavy (non-hydrogen) atoms. The zero-order chi connectivity index (χ0) is 17.1. The molecule has 128 valence electrons. The van der Waals surface area contributed by atoms with E-state index in [9.17, 15) is 4.79 Å². The predicted octanol–water partition coefficient (Wildman–Crippen LogP) is 2.48. The molecule has 3 rings (SSSR count). The molecule has 1 fully saturated rings. The smallest absolute Gasteiger partial charge is 0.276 e. The molecule has 0 atom stereocenters. The SMILES string of the molecule is CNC1CCN(C(=O)c2nc(-c3ccc(OC)cc3)oc2C)CC1. The third-order valence-electron chi connectivity index (χ3n) is 4.53. The first-order valence-corrected chi connectivity index (χ1v) is 8.20. The summed E-state index contributed by atoms with van der Waals surface area (Å²) < 4.78 is 10.9. The first kappa shape index (κ1) is 16.5. The number of hydrogen-bond donors (Lipinski definition) is 1. The summed E-state index contributed by atoms with van der Waals surface area (Å²) in [5.41, 5.74) is 1.23. The number of hydrogen-bond acceptors (Lipinski definition) is 5. The molecule has 1 saturated heterocycles. The zero-order valence-electron chi connectivity index (χ0n) is 14.3. The highest BCUT2D eigenvalue weighted by Crippen LogP contribution is 2.25. The number of carbonyl (C=O) groups is 1. The first-order chi connectivity index (χ1) is 11.6. The number of nitrogens with one attached hydrogen (secondary N) is 1. The lowest BCUT2D eigenvalue weighted by Crippen LogP contribution is -2.44. The van der Waals surface area contributed by atoms with E-state index in [1.54, 1.807) is 14.0 Å². The van der Waals surface area contributed by atoms with Gasteiger partial charge in [0.05, 0.1) is 7.11 Å². The second kappa shape index (κ2) is 7.05. The number of amides is 1. The molecule has 1 aliphatic heterocycles. The van der Waals surface area contributed by atoms with E-state index in [1.165, 1.54) is 0 Å². The Bertz CT molecular complexity index is 701. The van der Waals surface area contributed by atoms with Crippen LogP contribution < -0.4 is 10.1 Å². The average Bonchev–Trinajstić information content (AvgIpc) is 3.03. The van der Waals surface area contributed by atoms with Gasteiger partial charge in [0.2, 0.25) is 5.89 Å². The number of benzene rings is 1. The largest absolute Gasteiger partial charge is 0.497 e. The van der Waals surface area contributed by atoms with Crippen LogP contribution in [0.1, 0.15) is 29.1 Å². The fraction of sp³-hybridized carbons (Fsp3) is 0.444. The number of rotatable bonds is 4. The van der Waals surface area contributed by atoms with Gasteiger partial charge >= 0.3 is 0 Å². The van der Waals surface area contributed by atoms with Crippen LogP contribution in [0.15, 0.2) is 28.7 Å². The molecule has 2 heterocycles. The monoisotopic (exact) mass is 329 g/mol. The number of nitrogens with zero attached hydrogens (tertiary/aromatic N) is 2. The van der Waals surface area contributed by atoms with Gasteiger partial charge in [-0.1, -0.05) is 0 Å². The number of oxazole rings is 1. The van der Waals surface area contributed by atoms with Gasteiger partial charge in [0.1, 0.15) is 11.5 Å². The van der Waals surface area contributed by atoms with Gasteiger partial charge in [0.15, 0.2) is 5.69 Å². The lowest BCUT2D eigenvalue weighted by molar-refractivity contribution is 0.0700. The molecule has 1 aromatic carbocycles. The number of aromatic nitrogens is 1. The maximum absolute atomic E-state index is 12.7. The Kier molecular flexibility index (Phi) is 4.85. The molecule has 1 aromatic heterocycles. The van der Waals surface area contributed by atoms with Crippen molar-refractivity contribution in [3.63, 3.8) is 0 Å². The highest BCUT2D eigenvalue weighted by molar-refractivity contribution is 5.93. The fourth-order valence-corrected chi connectivity index (χ4v) is 2.97. The molecule has 0 aliphatic carbocycles. The van der Waals surface area contributed by atoms with Crippen molar-refractivity contribution in [1.82, 2.24) is 15.2 Å². The van der Waals surface area contributed by atoms with Gasteiger partial charge < -0.3 is 19.4 Å². The minimum Gasteiger partial charge on any atom is -0.497 e. The van der Waals surface area contributed by atoms with Crippen molar-refractivity contribution >= 4 is 5.91 Å². The topological polar surface area (TPSA) is 67.6 Å². The molecule has 1 amide bonds. The summed E-state index contributed by atoms with van der Waals surface area (Å²) in [5.74, 6) is 1.74. The Morgan fingerprint density at radius 2 is 1.96 bits per heavy atom. The van der Waals surface area contributed by atoms with Crippen molar-refractivity contribution in [3.8, 4) is 17.2 Å². The Hall–Kier alpha value is -2.34. The molecule has 0 unspecified atom stereocenters. The summed E-state index contributed by atoms with van der Waals surface area (Å²) in [6, 6.07) is 7.92. The molecule has 1 N–H and O–H groups in total. The second-order valence-corrected chi connectivity index (χ2v) is 6.01. The van der Waals surface area contributed by atoms with Gasteiger partial charge in [-0.05, 0) is 51.1 Å². The van der Waals surface area contributed by atoms with Crippen LogP contribution in [0, 0.1) is 6.92 Å². The quantitative estimate of drug-likeness (QED) is 0.933. The minimum absolute atomic E-state index is 0.0504. The number of likely N-dealkylation sites (tertiary alicyclic amines) is 1. The van der Waals surface area contributed by atoms with Crippen molar-refractivity contribution in [1.29, 1.82) is 0 Å². The summed E-state index contributed by atoms with van der Waals surface area (Å²) in [5, 5.41) is 3.27. The zero-order valence-corrected chi connectivity index (χ0v) is 14.3. The van der Waals surface area contributed by atoms with Crippen molar-refractivity contribution in [3.05, 3.63) is 35.7 Å². The van der Waals surface area contributed by atoms with Gasteiger partial charge in [0.25, 0.3) is 5.91 Å². The van der Waals surface area contributed by atoms with Crippen molar-refractivity contribution < 1.29 is 13.9 Å². The standard InChI is InChI=1S/C18H23N3O3/c1-12-16(18(22)21-10-8-14(19-2)9-11-21)20-17(24-12)13-4-6-15(23-3)7-5-13/h4-7,14,19H,8-11H2,1-3H3. The van der Waals surface area contributed by atoms with Gasteiger partial charge in [-0.3, -0.25) is 4.79 Å². The van der Waals surface area contributed by atoms with Crippen LogP contribution in [0.25, 0.3) is 11.5 Å². The van der Waals surface area contributed by atoms with Crippen LogP contribution >= 0.6 is 0 Å². The second-order valence-electron chi connectivity index (χ2n) is 6.01. The van der Waals surface area contributed by atoms with Crippen LogP contribution in [-0.4, -0.2) is 49.1 Å². The van der Waals surface area contributed by atoms with E-state index >= 15 is 0 Å². The Morgan fingerprint density at radius 3 is 2.54 bits per heavy atom. The van der Waals surface area contributed by atoms with Crippen LogP contribution in [0.2, 0.25) is 0 Å². The number of piperidine rings is 1. The number of aryl methyl sites for hydroxylation is 1. The Labute approximate surface area is 141 Å². The molecule has 0 saturated carbocycles. The predicted molar refractivity (Wildman–Crippen MR) is 91.2 cm³/mol. The summed E-state index contributed by atoms with van der Waals surface area (Å²) >= 11 is 0. The van der Waals surface area contributed by atoms with E-state index in [4.69, 9.17) is 9.15 Å². The molecule has 0 bridgehead atoms. The highest BCUT2D eigenvalue weighted by atomic mass is 16.5. The normalized spacial score (nSPS) is 15.5. The molecule has 0 spiro atoms. The third-order valence-corrected chi connectivity index (χ3v) is 4.53. The minimum atomic E-state index is -0.0504. The van der Waals surface area contributed by atoms with Crippen LogP contribution in [0.3, 0.4) is 0 Å². The van der Waals surface area contributed by atoms with E-state index < -0.39 is 0 Å². The van der Waals surface area contributed by atoms with Crippen molar-refractivity contribution in [2.75, 3.05) is 27.2 Å². The van der Waals surface area contributed by atoms with Crippen LogP contribution in [0.5, 0.6) is 5.75 Å². The highest BCUT2D eigenvalue weighted by Gasteiger charge is 2.27. The van der Waals surface area contributed by atoms with Gasteiger partial charge in [-0.25, -0.2) is 4.98 Å². The van der Waals surface area contributed by atoms with Gasteiger partial charge in [-0.2, -0.15) is 0 Å². The molecule has 2 aromatic rings. The van der Waals surface area contributed by atoms with Gasteiger partial charge in [0, 0.05) is 24.7 Å². The molecular weight excluding hydrogens is 306 g/mol. The van der Waals surface area contributed by atoms with E-state index in [0.29, 0.717) is 23.4 Å². The number of ether oxygens (including phenoxy) is 1. The van der Waals surface area contributed by atoms with Gasteiger partial charge in [-0.15, -0.1) is 0 Å². The van der Waals surface area contributed by atoms with E-state index in [0.717, 1.165) is 37.2 Å². The molecule has 1 aliphatic rings. The van der Waals surface area contributed by atoms with E-state index in [2.05, 4.69) is 10.3 Å². The lowest BCUT2D eigenvalue weighted by atomic mass is 10.1. The van der Waals surface area contributed by atoms with Crippen LogP contribution in [0.4, 0.5) is 0 Å². The summed E-state index contributed by atoms with van der Waals surface area (Å²) in [7, 11) is 3.59.